The molecule has 7 atom stereocenters. The molecule has 25 nitrogen and oxygen atoms in total. The number of hydrogen-bond acceptors (Lipinski definition) is 19. The SMILES string of the molecule is C=CCNC(=O)C1N(C(=O)[C@@H](O)C(Cc2ccccc2)NC(=O)c2cccc(OC(C)=O)c2C)CSC1(C)C.C=CCNC(=O)C1NCSC1(C)C.CC(=O)Oc1cccc(C(=O)NC(Cc2ccccc2)[C@H](O)C(=O)O)c1C.CC1CCCO1.O.On1nnc2ccccc21.[2H][I-]C. The molecule has 534 valence electrons. The van der Waals surface area contributed by atoms with E-state index >= 15 is 0 Å². The van der Waals surface area contributed by atoms with Crippen LogP contribution in [0.15, 0.2) is 147 Å². The number of nitrogens with one attached hydrogen (secondary N) is 5. The number of esters is 2. The van der Waals surface area contributed by atoms with Gasteiger partial charge in [0, 0.05) is 71.2 Å². The van der Waals surface area contributed by atoms with Crippen LogP contribution in [0.25, 0.3) is 11.0 Å². The van der Waals surface area contributed by atoms with Crippen molar-refractivity contribution in [3.63, 3.8) is 0 Å². The van der Waals surface area contributed by atoms with Crippen LogP contribution in [0.2, 0.25) is 0 Å². The van der Waals surface area contributed by atoms with Crippen LogP contribution in [0, 0.1) is 13.8 Å². The van der Waals surface area contributed by atoms with Crippen LogP contribution in [-0.4, -0.2) is 182 Å². The van der Waals surface area contributed by atoms with Crippen LogP contribution in [0.3, 0.4) is 0 Å². The Bertz CT molecular complexity index is 3620. The van der Waals surface area contributed by atoms with Gasteiger partial charge in [0.15, 0.2) is 12.2 Å². The van der Waals surface area contributed by atoms with E-state index in [0.717, 1.165) is 28.5 Å². The summed E-state index contributed by atoms with van der Waals surface area (Å²) in [5, 5.41) is 60.7. The number of carbonyl (C=O) groups excluding carboxylic acids is 7. The molecule has 0 aliphatic carbocycles. The second kappa shape index (κ2) is 41.9. The first-order valence-electron chi connectivity index (χ1n) is 31.4. The van der Waals surface area contributed by atoms with E-state index in [9.17, 15) is 48.6 Å². The molecule has 1 aromatic heterocycles. The topological polar surface area (TPSA) is 371 Å². The molecule has 28 heteroatoms. The van der Waals surface area contributed by atoms with Gasteiger partial charge in [-0.15, -0.1) is 41.8 Å². The molecule has 5 unspecified atom stereocenters. The molecule has 3 aliphatic rings. The summed E-state index contributed by atoms with van der Waals surface area (Å²) in [6.07, 6.45) is 3.22. The van der Waals surface area contributed by atoms with Crippen LogP contribution >= 0.6 is 23.5 Å². The summed E-state index contributed by atoms with van der Waals surface area (Å²) in [7, 11) is 0. The third-order valence-electron chi connectivity index (χ3n) is 15.2. The van der Waals surface area contributed by atoms with E-state index in [2.05, 4.69) is 70.8 Å². The Kier molecular flexibility index (Phi) is 35.1. The molecular formula is C70H93IN9O16S2-. The quantitative estimate of drug-likeness (QED) is 0.0132. The number of carbonyl (C=O) groups is 8. The van der Waals surface area contributed by atoms with E-state index in [-0.39, 0.29) is 98.4 Å². The summed E-state index contributed by atoms with van der Waals surface area (Å²) in [5.74, 6) is -2.94. The predicted octanol–water partition coefficient (Wildman–Crippen LogP) is 2.97. The van der Waals surface area contributed by atoms with Crippen LogP contribution in [0.4, 0.5) is 0 Å². The van der Waals surface area contributed by atoms with Gasteiger partial charge in [0.1, 0.15) is 34.6 Å². The van der Waals surface area contributed by atoms with E-state index in [4.69, 9.17) is 25.1 Å². The van der Waals surface area contributed by atoms with Crippen molar-refractivity contribution < 1.29 is 101 Å². The molecule has 3 aliphatic heterocycles. The molecular weight excluding hydrogens is 1410 g/mol. The van der Waals surface area contributed by atoms with Crippen molar-refractivity contribution in [1.29, 1.82) is 0.594 Å². The maximum absolute atomic E-state index is 13.7. The molecule has 9 rings (SSSR count). The number of nitrogens with zero attached hydrogens (tertiary/aromatic N) is 4. The number of aromatic nitrogens is 3. The molecule has 0 bridgehead atoms. The number of para-hydroxylation sites is 1. The predicted molar refractivity (Wildman–Crippen MR) is 375 cm³/mol. The van der Waals surface area contributed by atoms with Crippen molar-refractivity contribution in [3.8, 4) is 11.5 Å². The van der Waals surface area contributed by atoms with Gasteiger partial charge in [-0.25, -0.2) is 4.79 Å². The number of rotatable bonds is 20. The Morgan fingerprint density at radius 3 is 1.63 bits per heavy atom. The zero-order valence-electron chi connectivity index (χ0n) is 57.8. The van der Waals surface area contributed by atoms with Gasteiger partial charge in [-0.1, -0.05) is 102 Å². The first-order chi connectivity index (χ1) is 46.5. The minimum atomic E-state index is -1.77. The number of fused-ring (bicyclic) bond motifs is 1. The second-order valence-electron chi connectivity index (χ2n) is 23.3. The van der Waals surface area contributed by atoms with E-state index in [0.29, 0.717) is 34.8 Å². The Labute approximate surface area is 594 Å². The average molecular weight is 1510 g/mol. The van der Waals surface area contributed by atoms with Crippen LogP contribution in [-0.2, 0) is 46.3 Å². The Morgan fingerprint density at radius 2 is 1.21 bits per heavy atom. The van der Waals surface area contributed by atoms with Gasteiger partial charge >= 0.3 is 45.8 Å². The number of hydrogen-bond donors (Lipinski definition) is 9. The van der Waals surface area contributed by atoms with Gasteiger partial charge in [0.05, 0.1) is 24.1 Å². The summed E-state index contributed by atoms with van der Waals surface area (Å²) >= 11 is 3.05. The molecule has 4 heterocycles. The van der Waals surface area contributed by atoms with Crippen LogP contribution in [0.1, 0.15) is 104 Å². The molecule has 3 fully saturated rings. The van der Waals surface area contributed by atoms with Crippen molar-refractivity contribution in [1.82, 2.24) is 46.6 Å². The summed E-state index contributed by atoms with van der Waals surface area (Å²) in [5.41, 5.74) is 4.25. The molecule has 5 aromatic carbocycles. The molecule has 11 N–H and O–H groups in total. The Hall–Kier alpha value is -8.23. The van der Waals surface area contributed by atoms with Crippen molar-refractivity contribution >= 4 is 82.0 Å². The molecule has 0 spiro atoms. The molecule has 0 saturated carbocycles. The number of alkyl halides is 1. The second-order valence-corrected chi connectivity index (χ2v) is 26.5. The minimum absolute atomic E-state index is 0. The number of aliphatic hydroxyl groups excluding tert-OH is 2. The number of amides is 5. The van der Waals surface area contributed by atoms with Crippen molar-refractivity contribution in [2.75, 3.05) is 36.4 Å². The Morgan fingerprint density at radius 1 is 0.735 bits per heavy atom. The van der Waals surface area contributed by atoms with E-state index < -0.39 is 70.7 Å². The standard InChI is InChI=1S/C29H35N3O6S.C20H21NO6.C9H16N2OS.C6H5N3O.C5H10O.CH4I.H2O/c1-6-15-30-27(36)25-29(4,5)39-17-32(25)28(37)24(34)22(16-20-11-8-7-9-12-20)31-26(35)21-13-10-14-23(18(21)2)38-19(3)33;1-12-15(9-6-10-17(12)27-13(2)22)19(24)21-16(18(23)20(25)26)11-14-7-4-3-5-8-14;1-4-5-10-8(12)7-9(2,3)13-6-11-7;10-9-6-4-2-1-3-5(6)7-8-9;1-5-3-2-4-6-5;1-2;/h6-14,22,24-25,34H,1,15-17H2,2-5H3,(H,30,36)(H,31,35);3-10,16,18,23H,11H2,1-2H3,(H,21,24)(H,25,26);4,7,11H,1,5-6H2,2-3H3,(H,10,12);1-4,10H;5H,2-4H2,1H3;2H,1H3;1H2/q;;;;;-1;/t22?,24-,25?;16?,18-;;;;;/m00...../s1/i;;;;;2D;. The van der Waals surface area contributed by atoms with Crippen molar-refractivity contribution in [2.45, 2.75) is 140 Å². The number of halogens is 1. The van der Waals surface area contributed by atoms with Gasteiger partial charge in [-0.3, -0.25) is 38.9 Å². The van der Waals surface area contributed by atoms with Crippen molar-refractivity contribution in [2.24, 2.45) is 0 Å². The van der Waals surface area contributed by atoms with E-state index in [1.807, 2.05) is 67.3 Å². The zero-order valence-corrected chi connectivity index (χ0v) is 60.6. The monoisotopic (exact) mass is 1510 g/mol. The normalized spacial score (nSPS) is 17.3. The van der Waals surface area contributed by atoms with Gasteiger partial charge in [-0.05, 0) is 127 Å². The third kappa shape index (κ3) is 25.9. The zero-order chi connectivity index (χ0) is 72.7. The number of thioether (sulfide) groups is 2. The summed E-state index contributed by atoms with van der Waals surface area (Å²) in [6, 6.07) is 31.8. The maximum atomic E-state index is 13.7. The number of aliphatic hydroxyl groups is 2. The van der Waals surface area contributed by atoms with E-state index in [1.165, 1.54) is 49.4 Å². The summed E-state index contributed by atoms with van der Waals surface area (Å²) in [6.45, 7) is 24.8. The first-order valence-corrected chi connectivity index (χ1v) is 35.2. The first kappa shape index (κ1) is 82.2. The number of carboxylic acids is 1. The van der Waals surface area contributed by atoms with Crippen molar-refractivity contribution in [3.05, 3.63) is 180 Å². The molecule has 6 aromatic rings. The van der Waals surface area contributed by atoms with E-state index in [1.54, 1.807) is 104 Å². The third-order valence-corrected chi connectivity index (χ3v) is 17.8. The molecule has 0 radical (unpaired) electrons. The Balaban J connectivity index is 0.000000362. The fourth-order valence-corrected chi connectivity index (χ4v) is 12.2. The van der Waals surface area contributed by atoms with Gasteiger partial charge in [0.2, 0.25) is 11.8 Å². The average Bonchev–Trinajstić information content (AvgIpc) is 1.64. The fraction of sp³-hybridized carbons (Fsp3) is 0.400. The number of carboxylic acid groups (broad SMARTS) is 1. The molecule has 98 heavy (non-hydrogen) atoms. The number of ether oxygens (including phenoxy) is 3. The fourth-order valence-electron chi connectivity index (χ4n) is 10.1. The van der Waals surface area contributed by atoms with Gasteiger partial charge < -0.3 is 66.4 Å². The van der Waals surface area contributed by atoms with Gasteiger partial charge in [-0.2, -0.15) is 0 Å². The molecule has 5 amide bonds. The number of benzene rings is 5. The summed E-state index contributed by atoms with van der Waals surface area (Å²) < 4.78 is 21.1. The number of aliphatic carboxylic acids is 1. The van der Waals surface area contributed by atoms with Crippen LogP contribution < -0.4 is 58.5 Å². The molecule has 3 saturated heterocycles. The van der Waals surface area contributed by atoms with Gasteiger partial charge in [0.25, 0.3) is 17.7 Å². The summed E-state index contributed by atoms with van der Waals surface area (Å²) in [4.78, 5) is 102. The van der Waals surface area contributed by atoms with Crippen LogP contribution in [0.5, 0.6) is 11.5 Å².